The lowest BCUT2D eigenvalue weighted by atomic mass is 9.95. The molecule has 0 spiro atoms. The van der Waals surface area contributed by atoms with Crippen LogP contribution in [-0.4, -0.2) is 32.7 Å². The van der Waals surface area contributed by atoms with Gasteiger partial charge in [0, 0.05) is 6.07 Å². The molecule has 1 aliphatic carbocycles. The Morgan fingerprint density at radius 1 is 1.22 bits per heavy atom. The first-order valence-corrected chi connectivity index (χ1v) is 7.47. The van der Waals surface area contributed by atoms with E-state index in [0.29, 0.717) is 23.6 Å². The molecule has 0 unspecified atom stereocenters. The van der Waals surface area contributed by atoms with Gasteiger partial charge in [0.25, 0.3) is 5.91 Å². The van der Waals surface area contributed by atoms with E-state index >= 15 is 0 Å². The van der Waals surface area contributed by atoms with Crippen molar-refractivity contribution in [2.75, 3.05) is 26.1 Å². The molecule has 0 aliphatic heterocycles. The molecule has 0 saturated heterocycles. The van der Waals surface area contributed by atoms with Crippen LogP contribution in [0.1, 0.15) is 19.3 Å². The normalized spacial score (nSPS) is 16.5. The van der Waals surface area contributed by atoms with Crippen molar-refractivity contribution in [1.82, 2.24) is 0 Å². The van der Waals surface area contributed by atoms with Gasteiger partial charge >= 0.3 is 5.97 Å². The summed E-state index contributed by atoms with van der Waals surface area (Å²) in [6.45, 7) is -0.320. The number of hydrogen-bond donors (Lipinski definition) is 1. The molecule has 1 amide bonds. The molecule has 0 bridgehead atoms. The van der Waals surface area contributed by atoms with Gasteiger partial charge in [-0.25, -0.2) is 0 Å². The molecule has 6 nitrogen and oxygen atoms in total. The number of amides is 1. The van der Waals surface area contributed by atoms with Crippen molar-refractivity contribution in [1.29, 1.82) is 0 Å². The third-order valence-corrected chi connectivity index (χ3v) is 3.63. The largest absolute Gasteiger partial charge is 0.497 e. The van der Waals surface area contributed by atoms with Gasteiger partial charge in [-0.05, 0) is 31.4 Å². The van der Waals surface area contributed by atoms with E-state index in [4.69, 9.17) is 14.2 Å². The minimum absolute atomic E-state index is 0.154. The van der Waals surface area contributed by atoms with E-state index in [-0.39, 0.29) is 18.5 Å². The average molecular weight is 319 g/mol. The first-order valence-electron chi connectivity index (χ1n) is 7.47. The second-order valence-electron chi connectivity index (χ2n) is 5.20. The SMILES string of the molecule is COc1ccc(OC)c(NC(=O)COC(=O)[C@H]2CC=CCC2)c1. The number of hydrogen-bond acceptors (Lipinski definition) is 5. The van der Waals surface area contributed by atoms with Gasteiger partial charge in [0.05, 0.1) is 25.8 Å². The zero-order valence-electron chi connectivity index (χ0n) is 13.3. The van der Waals surface area contributed by atoms with Crippen molar-refractivity contribution in [3.63, 3.8) is 0 Å². The molecule has 0 fully saturated rings. The summed E-state index contributed by atoms with van der Waals surface area (Å²) in [7, 11) is 3.04. The monoisotopic (exact) mass is 319 g/mol. The van der Waals surface area contributed by atoms with Crippen LogP contribution in [0.2, 0.25) is 0 Å². The van der Waals surface area contributed by atoms with Crippen molar-refractivity contribution < 1.29 is 23.8 Å². The van der Waals surface area contributed by atoms with Crippen molar-refractivity contribution in [3.05, 3.63) is 30.4 Å². The first kappa shape index (κ1) is 16.9. The van der Waals surface area contributed by atoms with E-state index in [1.54, 1.807) is 18.2 Å². The van der Waals surface area contributed by atoms with Crippen LogP contribution in [0, 0.1) is 5.92 Å². The van der Waals surface area contributed by atoms with Crippen molar-refractivity contribution >= 4 is 17.6 Å². The number of anilines is 1. The fourth-order valence-electron chi connectivity index (χ4n) is 2.36. The lowest BCUT2D eigenvalue weighted by Crippen LogP contribution is -2.25. The molecule has 23 heavy (non-hydrogen) atoms. The molecule has 2 rings (SSSR count). The quantitative estimate of drug-likeness (QED) is 0.644. The Bertz CT molecular complexity index is 597. The van der Waals surface area contributed by atoms with Gasteiger partial charge in [0.15, 0.2) is 6.61 Å². The number of rotatable bonds is 6. The number of esters is 1. The number of benzene rings is 1. The molecular weight excluding hydrogens is 298 g/mol. The number of carbonyl (C=O) groups excluding carboxylic acids is 2. The Hall–Kier alpha value is -2.50. The van der Waals surface area contributed by atoms with Crippen molar-refractivity contribution in [3.8, 4) is 11.5 Å². The zero-order valence-corrected chi connectivity index (χ0v) is 13.3. The van der Waals surface area contributed by atoms with Gasteiger partial charge in [-0.3, -0.25) is 9.59 Å². The lowest BCUT2D eigenvalue weighted by Gasteiger charge is -2.16. The Morgan fingerprint density at radius 3 is 2.70 bits per heavy atom. The third-order valence-electron chi connectivity index (χ3n) is 3.63. The molecular formula is C17H21NO5. The van der Waals surface area contributed by atoms with Crippen molar-refractivity contribution in [2.24, 2.45) is 5.92 Å². The van der Waals surface area contributed by atoms with Gasteiger partial charge in [-0.15, -0.1) is 0 Å². The molecule has 124 valence electrons. The Morgan fingerprint density at radius 2 is 2.04 bits per heavy atom. The van der Waals surface area contributed by atoms with Gasteiger partial charge in [0.1, 0.15) is 11.5 Å². The van der Waals surface area contributed by atoms with Gasteiger partial charge in [-0.1, -0.05) is 12.2 Å². The van der Waals surface area contributed by atoms with Crippen LogP contribution in [0.25, 0.3) is 0 Å². The average Bonchev–Trinajstić information content (AvgIpc) is 2.60. The summed E-state index contributed by atoms with van der Waals surface area (Å²) in [6.07, 6.45) is 6.32. The Labute approximate surface area is 135 Å². The summed E-state index contributed by atoms with van der Waals surface area (Å²) in [5.41, 5.74) is 0.466. The minimum Gasteiger partial charge on any atom is -0.497 e. The molecule has 6 heteroatoms. The van der Waals surface area contributed by atoms with E-state index in [0.717, 1.165) is 12.8 Å². The maximum Gasteiger partial charge on any atom is 0.309 e. The Balaban J connectivity index is 1.89. The fraction of sp³-hybridized carbons (Fsp3) is 0.412. The molecule has 1 N–H and O–H groups in total. The number of nitrogens with one attached hydrogen (secondary N) is 1. The smallest absolute Gasteiger partial charge is 0.309 e. The highest BCUT2D eigenvalue weighted by molar-refractivity contribution is 5.94. The maximum atomic E-state index is 12.0. The summed E-state index contributed by atoms with van der Waals surface area (Å²) in [4.78, 5) is 23.9. The molecule has 0 aromatic heterocycles. The summed E-state index contributed by atoms with van der Waals surface area (Å²) < 4.78 is 15.4. The van der Waals surface area contributed by atoms with Crippen LogP contribution < -0.4 is 14.8 Å². The first-order chi connectivity index (χ1) is 11.1. The summed E-state index contributed by atoms with van der Waals surface area (Å²) in [6, 6.07) is 5.06. The van der Waals surface area contributed by atoms with Gasteiger partial charge < -0.3 is 19.5 Å². The highest BCUT2D eigenvalue weighted by Gasteiger charge is 2.21. The maximum absolute atomic E-state index is 12.0. The summed E-state index contributed by atoms with van der Waals surface area (Å²) in [5, 5.41) is 2.66. The predicted molar refractivity (Wildman–Crippen MR) is 85.6 cm³/mol. The summed E-state index contributed by atoms with van der Waals surface area (Å²) >= 11 is 0. The van der Waals surface area contributed by atoms with Crippen LogP contribution >= 0.6 is 0 Å². The number of allylic oxidation sites excluding steroid dienone is 2. The minimum atomic E-state index is -0.420. The molecule has 0 saturated carbocycles. The molecule has 0 radical (unpaired) electrons. The van der Waals surface area contributed by atoms with Crippen molar-refractivity contribution in [2.45, 2.75) is 19.3 Å². The zero-order chi connectivity index (χ0) is 16.7. The lowest BCUT2D eigenvalue weighted by molar-refractivity contribution is -0.151. The van der Waals surface area contributed by atoms with Crippen LogP contribution in [0.3, 0.4) is 0 Å². The number of ether oxygens (including phenoxy) is 3. The van der Waals surface area contributed by atoms with E-state index in [9.17, 15) is 9.59 Å². The number of methoxy groups -OCH3 is 2. The molecule has 1 aromatic rings. The number of carbonyl (C=O) groups is 2. The molecule has 1 aromatic carbocycles. The highest BCUT2D eigenvalue weighted by atomic mass is 16.5. The topological polar surface area (TPSA) is 73.9 Å². The van der Waals surface area contributed by atoms with Gasteiger partial charge in [-0.2, -0.15) is 0 Å². The van der Waals surface area contributed by atoms with E-state index in [1.807, 2.05) is 12.2 Å². The highest BCUT2D eigenvalue weighted by Crippen LogP contribution is 2.28. The molecule has 0 heterocycles. The second kappa shape index (κ2) is 8.22. The van der Waals surface area contributed by atoms with Crippen LogP contribution in [-0.2, 0) is 14.3 Å². The van der Waals surface area contributed by atoms with Crippen LogP contribution in [0.5, 0.6) is 11.5 Å². The second-order valence-corrected chi connectivity index (χ2v) is 5.20. The summed E-state index contributed by atoms with van der Waals surface area (Å²) in [5.74, 6) is 0.187. The third kappa shape index (κ3) is 4.74. The standard InChI is InChI=1S/C17H21NO5/c1-21-13-8-9-15(22-2)14(10-13)18-16(19)11-23-17(20)12-6-4-3-5-7-12/h3-4,8-10,12H,5-7,11H2,1-2H3,(H,18,19)/t12-/m0/s1. The van der Waals surface area contributed by atoms with E-state index < -0.39 is 5.91 Å². The van der Waals surface area contributed by atoms with Crippen LogP contribution in [0.4, 0.5) is 5.69 Å². The molecule has 1 atom stereocenters. The predicted octanol–water partition coefficient (Wildman–Crippen LogP) is 2.54. The molecule has 1 aliphatic rings. The van der Waals surface area contributed by atoms with Gasteiger partial charge in [0.2, 0.25) is 0 Å². The fourth-order valence-corrected chi connectivity index (χ4v) is 2.36. The van der Waals surface area contributed by atoms with E-state index in [2.05, 4.69) is 5.32 Å². The van der Waals surface area contributed by atoms with E-state index in [1.165, 1.54) is 14.2 Å². The van der Waals surface area contributed by atoms with Crippen LogP contribution in [0.15, 0.2) is 30.4 Å². The Kier molecular flexibility index (Phi) is 6.02.